The van der Waals surface area contributed by atoms with E-state index in [1.54, 1.807) is 7.05 Å². The van der Waals surface area contributed by atoms with Crippen molar-refractivity contribution in [3.8, 4) is 5.75 Å². The minimum atomic E-state index is -0.166. The zero-order valence-electron chi connectivity index (χ0n) is 14.4. The number of amides is 2. The number of nitrogens with one attached hydrogen (secondary N) is 3. The van der Waals surface area contributed by atoms with Crippen LogP contribution in [0, 0.1) is 0 Å². The van der Waals surface area contributed by atoms with Crippen LogP contribution in [-0.2, 0) is 15.0 Å². The fraction of sp³-hybridized carbons (Fsp3) is 0.529. The summed E-state index contributed by atoms with van der Waals surface area (Å²) >= 11 is 0. The van der Waals surface area contributed by atoms with Crippen LogP contribution < -0.4 is 20.7 Å². The monoisotopic (exact) mass is 321 g/mol. The van der Waals surface area contributed by atoms with Crippen LogP contribution in [0.1, 0.15) is 26.3 Å². The molecule has 1 rings (SSSR count). The maximum atomic E-state index is 11.5. The molecule has 6 nitrogen and oxygen atoms in total. The molecule has 1 aromatic carbocycles. The number of hydrogen-bond acceptors (Lipinski definition) is 4. The second kappa shape index (κ2) is 9.15. The average molecular weight is 321 g/mol. The molecule has 0 unspecified atom stereocenters. The van der Waals surface area contributed by atoms with Crippen LogP contribution in [0.25, 0.3) is 0 Å². The Bertz CT molecular complexity index is 507. The summed E-state index contributed by atoms with van der Waals surface area (Å²) in [6.07, 6.45) is 0. The average Bonchev–Trinajstić information content (AvgIpc) is 2.51. The molecule has 0 fully saturated rings. The van der Waals surface area contributed by atoms with E-state index in [9.17, 15) is 9.59 Å². The van der Waals surface area contributed by atoms with Crippen molar-refractivity contribution < 1.29 is 14.3 Å². The third kappa shape index (κ3) is 7.65. The molecule has 3 N–H and O–H groups in total. The van der Waals surface area contributed by atoms with Crippen molar-refractivity contribution in [3.63, 3.8) is 0 Å². The van der Waals surface area contributed by atoms with Crippen molar-refractivity contribution in [2.24, 2.45) is 0 Å². The Balaban J connectivity index is 2.19. The van der Waals surface area contributed by atoms with Crippen LogP contribution in [0.2, 0.25) is 0 Å². The van der Waals surface area contributed by atoms with Gasteiger partial charge in [0.15, 0.2) is 0 Å². The second-order valence-electron chi connectivity index (χ2n) is 6.25. The highest BCUT2D eigenvalue weighted by atomic mass is 16.5. The van der Waals surface area contributed by atoms with Gasteiger partial charge in [-0.05, 0) is 23.1 Å². The highest BCUT2D eigenvalue weighted by molar-refractivity contribution is 5.80. The summed E-state index contributed by atoms with van der Waals surface area (Å²) in [5.74, 6) is 0.463. The fourth-order valence-electron chi connectivity index (χ4n) is 1.85. The molecular formula is C17H27N3O3. The summed E-state index contributed by atoms with van der Waals surface area (Å²) < 4.78 is 5.58. The lowest BCUT2D eigenvalue weighted by molar-refractivity contribution is -0.121. The van der Waals surface area contributed by atoms with Gasteiger partial charge in [-0.1, -0.05) is 32.9 Å². The molecule has 0 spiro atoms. The SMILES string of the molecule is CNC(=O)CNCC(=O)NCCOc1ccc(C(C)(C)C)cc1. The van der Waals surface area contributed by atoms with Gasteiger partial charge in [0.2, 0.25) is 11.8 Å². The van der Waals surface area contributed by atoms with Gasteiger partial charge >= 0.3 is 0 Å². The molecule has 23 heavy (non-hydrogen) atoms. The Morgan fingerprint density at radius 2 is 1.65 bits per heavy atom. The van der Waals surface area contributed by atoms with Crippen molar-refractivity contribution in [2.75, 3.05) is 33.3 Å². The molecule has 2 amide bonds. The van der Waals surface area contributed by atoms with E-state index in [2.05, 4.69) is 48.9 Å². The number of ether oxygens (including phenoxy) is 1. The smallest absolute Gasteiger partial charge is 0.234 e. The number of hydrogen-bond donors (Lipinski definition) is 3. The molecule has 0 bridgehead atoms. The van der Waals surface area contributed by atoms with Crippen LogP contribution in [0.15, 0.2) is 24.3 Å². The molecule has 0 saturated carbocycles. The predicted octanol–water partition coefficient (Wildman–Crippen LogP) is 0.815. The van der Waals surface area contributed by atoms with E-state index < -0.39 is 0 Å². The zero-order valence-corrected chi connectivity index (χ0v) is 14.4. The van der Waals surface area contributed by atoms with E-state index in [4.69, 9.17) is 4.74 Å². The van der Waals surface area contributed by atoms with E-state index in [1.165, 1.54) is 5.56 Å². The molecule has 0 atom stereocenters. The van der Waals surface area contributed by atoms with Crippen molar-refractivity contribution in [1.29, 1.82) is 0 Å². The third-order valence-corrected chi connectivity index (χ3v) is 3.26. The van der Waals surface area contributed by atoms with Crippen LogP contribution in [-0.4, -0.2) is 45.1 Å². The Morgan fingerprint density at radius 1 is 1.04 bits per heavy atom. The first kappa shape index (κ1) is 19.0. The van der Waals surface area contributed by atoms with Gasteiger partial charge < -0.3 is 15.4 Å². The summed E-state index contributed by atoms with van der Waals surface area (Å²) in [5.41, 5.74) is 1.37. The van der Waals surface area contributed by atoms with Crippen molar-refractivity contribution in [3.05, 3.63) is 29.8 Å². The molecule has 0 saturated heterocycles. The topological polar surface area (TPSA) is 79.5 Å². The maximum absolute atomic E-state index is 11.5. The molecule has 0 heterocycles. The molecule has 0 radical (unpaired) electrons. The second-order valence-corrected chi connectivity index (χ2v) is 6.25. The summed E-state index contributed by atoms with van der Waals surface area (Å²) in [6.45, 7) is 7.54. The lowest BCUT2D eigenvalue weighted by Crippen LogP contribution is -2.39. The summed E-state index contributed by atoms with van der Waals surface area (Å²) in [7, 11) is 1.55. The Kier molecular flexibility index (Phi) is 7.54. The van der Waals surface area contributed by atoms with Crippen molar-refractivity contribution in [2.45, 2.75) is 26.2 Å². The first-order chi connectivity index (χ1) is 10.8. The standard InChI is InChI=1S/C17H27N3O3/c1-17(2,3)13-5-7-14(8-6-13)23-10-9-20-16(22)12-19-11-15(21)18-4/h5-8,19H,9-12H2,1-4H3,(H,18,21)(H,20,22). The van der Waals surface area contributed by atoms with Gasteiger partial charge in [0, 0.05) is 7.05 Å². The first-order valence-corrected chi connectivity index (χ1v) is 7.74. The molecule has 128 valence electrons. The fourth-order valence-corrected chi connectivity index (χ4v) is 1.85. The number of carbonyl (C=O) groups excluding carboxylic acids is 2. The molecule has 6 heteroatoms. The molecule has 0 aliphatic carbocycles. The molecule has 0 aliphatic rings. The highest BCUT2D eigenvalue weighted by Gasteiger charge is 2.12. The Labute approximate surface area is 138 Å². The molecular weight excluding hydrogens is 294 g/mol. The maximum Gasteiger partial charge on any atom is 0.234 e. The molecule has 0 aliphatic heterocycles. The van der Waals surface area contributed by atoms with Crippen LogP contribution in [0.3, 0.4) is 0 Å². The largest absolute Gasteiger partial charge is 0.492 e. The van der Waals surface area contributed by atoms with Crippen LogP contribution >= 0.6 is 0 Å². The number of rotatable bonds is 8. The predicted molar refractivity (Wildman–Crippen MR) is 90.6 cm³/mol. The van der Waals surface area contributed by atoms with Crippen molar-refractivity contribution in [1.82, 2.24) is 16.0 Å². The summed E-state index contributed by atoms with van der Waals surface area (Å²) in [6, 6.07) is 7.98. The number of carbonyl (C=O) groups is 2. The van der Waals surface area contributed by atoms with Gasteiger partial charge in [0.1, 0.15) is 12.4 Å². The van der Waals surface area contributed by atoms with Gasteiger partial charge in [-0.2, -0.15) is 0 Å². The van der Waals surface area contributed by atoms with Gasteiger partial charge in [-0.3, -0.25) is 14.9 Å². The van der Waals surface area contributed by atoms with Crippen molar-refractivity contribution >= 4 is 11.8 Å². The third-order valence-electron chi connectivity index (χ3n) is 3.26. The van der Waals surface area contributed by atoms with Crippen LogP contribution in [0.4, 0.5) is 0 Å². The minimum Gasteiger partial charge on any atom is -0.492 e. The summed E-state index contributed by atoms with van der Waals surface area (Å²) in [4.78, 5) is 22.5. The van der Waals surface area contributed by atoms with E-state index >= 15 is 0 Å². The lowest BCUT2D eigenvalue weighted by atomic mass is 9.87. The first-order valence-electron chi connectivity index (χ1n) is 7.74. The van der Waals surface area contributed by atoms with E-state index in [1.807, 2.05) is 12.1 Å². The van der Waals surface area contributed by atoms with E-state index in [-0.39, 0.29) is 30.3 Å². The van der Waals surface area contributed by atoms with Gasteiger partial charge in [-0.25, -0.2) is 0 Å². The van der Waals surface area contributed by atoms with Gasteiger partial charge in [0.25, 0.3) is 0 Å². The van der Waals surface area contributed by atoms with Gasteiger partial charge in [-0.15, -0.1) is 0 Å². The summed E-state index contributed by atoms with van der Waals surface area (Å²) in [5, 5.41) is 7.94. The quantitative estimate of drug-likeness (QED) is 0.619. The van der Waals surface area contributed by atoms with E-state index in [0.717, 1.165) is 5.75 Å². The Morgan fingerprint density at radius 3 is 2.22 bits per heavy atom. The number of likely N-dealkylation sites (N-methyl/N-ethyl adjacent to an activating group) is 1. The van der Waals surface area contributed by atoms with E-state index in [0.29, 0.717) is 13.2 Å². The number of benzene rings is 1. The van der Waals surface area contributed by atoms with Gasteiger partial charge in [0.05, 0.1) is 19.6 Å². The Hall–Kier alpha value is -2.08. The van der Waals surface area contributed by atoms with Crippen LogP contribution in [0.5, 0.6) is 5.75 Å². The molecule has 1 aromatic rings. The normalized spacial score (nSPS) is 11.0. The lowest BCUT2D eigenvalue weighted by Gasteiger charge is -2.19. The highest BCUT2D eigenvalue weighted by Crippen LogP contribution is 2.24. The molecule has 0 aromatic heterocycles. The minimum absolute atomic E-state index is 0.105. The zero-order chi connectivity index (χ0) is 17.3.